The van der Waals surface area contributed by atoms with E-state index in [0.717, 1.165) is 37.2 Å². The second-order valence-electron chi connectivity index (χ2n) is 6.21. The Labute approximate surface area is 125 Å². The van der Waals surface area contributed by atoms with Gasteiger partial charge in [0, 0.05) is 0 Å². The third-order valence-corrected chi connectivity index (χ3v) is 4.52. The van der Waals surface area contributed by atoms with E-state index in [4.69, 9.17) is 5.73 Å². The van der Waals surface area contributed by atoms with Gasteiger partial charge in [-0.05, 0) is 55.5 Å². The number of rotatable bonds is 5. The average Bonchev–Trinajstić information content (AvgIpc) is 3.29. The fraction of sp³-hybridized carbons (Fsp3) is 0.529. The first kappa shape index (κ1) is 14.4. The predicted molar refractivity (Wildman–Crippen MR) is 81.7 cm³/mol. The molecule has 1 heterocycles. The van der Waals surface area contributed by atoms with Gasteiger partial charge in [0.2, 0.25) is 0 Å². The van der Waals surface area contributed by atoms with Crippen molar-refractivity contribution >= 4 is 5.69 Å². The minimum absolute atomic E-state index is 0.0695. The zero-order valence-corrected chi connectivity index (χ0v) is 12.2. The summed E-state index contributed by atoms with van der Waals surface area (Å²) < 4.78 is 13.4. The van der Waals surface area contributed by atoms with Crippen molar-refractivity contribution in [2.24, 2.45) is 5.92 Å². The Morgan fingerprint density at radius 2 is 2.14 bits per heavy atom. The second-order valence-corrected chi connectivity index (χ2v) is 6.21. The van der Waals surface area contributed by atoms with Crippen LogP contribution in [0.1, 0.15) is 50.1 Å². The third kappa shape index (κ3) is 3.38. The number of nitrogens with two attached hydrogens (primary N) is 1. The number of anilines is 1. The van der Waals surface area contributed by atoms with Gasteiger partial charge in [-0.15, -0.1) is 0 Å². The Balaban J connectivity index is 1.84. The first-order valence-electron chi connectivity index (χ1n) is 7.82. The molecule has 0 aromatic heterocycles. The Kier molecular flexibility index (Phi) is 4.15. The molecule has 2 aliphatic rings. The molecule has 2 unspecified atom stereocenters. The number of halogens is 1. The van der Waals surface area contributed by atoms with E-state index in [1.807, 2.05) is 11.1 Å². The molecule has 1 aliphatic carbocycles. The normalized spacial score (nSPS) is 23.3. The zero-order valence-electron chi connectivity index (χ0n) is 12.2. The number of aliphatic hydroxyl groups excluding tert-OH is 1. The maximum Gasteiger partial charge on any atom is 0.146 e. The van der Waals surface area contributed by atoms with Crippen LogP contribution in [0.2, 0.25) is 0 Å². The molecule has 114 valence electrons. The number of allylic oxidation sites excluding steroid dienone is 1. The Hall–Kier alpha value is -1.55. The van der Waals surface area contributed by atoms with Gasteiger partial charge in [0.15, 0.2) is 0 Å². The van der Waals surface area contributed by atoms with Gasteiger partial charge in [-0.1, -0.05) is 25.0 Å². The molecule has 1 aromatic rings. The van der Waals surface area contributed by atoms with Crippen LogP contribution in [0.3, 0.4) is 0 Å². The van der Waals surface area contributed by atoms with Crippen LogP contribution < -0.4 is 5.73 Å². The molecular formula is C17H23FN2O. The lowest BCUT2D eigenvalue weighted by atomic mass is 9.96. The largest absolute Gasteiger partial charge is 0.396 e. The molecule has 3 N–H and O–H groups in total. The van der Waals surface area contributed by atoms with Crippen LogP contribution >= 0.6 is 0 Å². The van der Waals surface area contributed by atoms with Crippen molar-refractivity contribution in [1.82, 2.24) is 4.90 Å². The van der Waals surface area contributed by atoms with Crippen molar-refractivity contribution in [1.29, 1.82) is 0 Å². The van der Waals surface area contributed by atoms with Crippen LogP contribution in [0.25, 0.3) is 0 Å². The molecule has 21 heavy (non-hydrogen) atoms. The first-order valence-corrected chi connectivity index (χ1v) is 7.82. The van der Waals surface area contributed by atoms with Crippen molar-refractivity contribution in [2.45, 2.75) is 50.8 Å². The Bertz CT molecular complexity index is 528. The Morgan fingerprint density at radius 1 is 1.33 bits per heavy atom. The molecule has 0 saturated heterocycles. The fourth-order valence-electron chi connectivity index (χ4n) is 3.06. The molecule has 0 spiro atoms. The summed E-state index contributed by atoms with van der Waals surface area (Å²) in [5.74, 6) is 0.450. The highest BCUT2D eigenvalue weighted by Crippen LogP contribution is 2.39. The van der Waals surface area contributed by atoms with Gasteiger partial charge < -0.3 is 15.7 Å². The minimum atomic E-state index is -0.467. The standard InChI is InChI=1S/C17H23FN2O/c18-14-8-7-13(11-15(14)19)16(9-6-12-4-5-12)20-10-2-1-3-17(20)21/h2,7-8,10-12,16-17,21H,1,3-6,9,19H2. The molecule has 0 radical (unpaired) electrons. The van der Waals surface area contributed by atoms with Crippen molar-refractivity contribution in [2.75, 3.05) is 5.73 Å². The highest BCUT2D eigenvalue weighted by Gasteiger charge is 2.28. The summed E-state index contributed by atoms with van der Waals surface area (Å²) in [7, 11) is 0. The number of nitrogens with zero attached hydrogens (tertiary/aromatic N) is 1. The van der Waals surface area contributed by atoms with E-state index in [1.54, 1.807) is 12.1 Å². The van der Waals surface area contributed by atoms with E-state index in [-0.39, 0.29) is 17.5 Å². The van der Waals surface area contributed by atoms with Gasteiger partial charge >= 0.3 is 0 Å². The fourth-order valence-corrected chi connectivity index (χ4v) is 3.06. The molecule has 1 aliphatic heterocycles. The predicted octanol–water partition coefficient (Wildman–Crippen LogP) is 3.57. The van der Waals surface area contributed by atoms with E-state index < -0.39 is 6.23 Å². The van der Waals surface area contributed by atoms with Crippen LogP contribution in [0.15, 0.2) is 30.5 Å². The summed E-state index contributed by atoms with van der Waals surface area (Å²) in [5.41, 5.74) is 6.88. The monoisotopic (exact) mass is 290 g/mol. The molecule has 4 heteroatoms. The summed E-state index contributed by atoms with van der Waals surface area (Å²) in [6.45, 7) is 0. The van der Waals surface area contributed by atoms with E-state index in [2.05, 4.69) is 6.08 Å². The number of hydrogen-bond donors (Lipinski definition) is 2. The molecule has 2 atom stereocenters. The molecule has 1 aromatic carbocycles. The van der Waals surface area contributed by atoms with Gasteiger partial charge in [0.1, 0.15) is 12.0 Å². The summed E-state index contributed by atoms with van der Waals surface area (Å²) in [6, 6.07) is 5.00. The molecular weight excluding hydrogens is 267 g/mol. The summed E-state index contributed by atoms with van der Waals surface area (Å²) in [6.07, 6.45) is 10.00. The highest BCUT2D eigenvalue weighted by atomic mass is 19.1. The first-order chi connectivity index (χ1) is 10.1. The van der Waals surface area contributed by atoms with E-state index >= 15 is 0 Å². The minimum Gasteiger partial charge on any atom is -0.396 e. The number of aliphatic hydroxyl groups is 1. The molecule has 3 nitrogen and oxygen atoms in total. The highest BCUT2D eigenvalue weighted by molar-refractivity contribution is 5.43. The van der Waals surface area contributed by atoms with Crippen LogP contribution in [0.5, 0.6) is 0 Å². The molecule has 3 rings (SSSR count). The van der Waals surface area contributed by atoms with Gasteiger partial charge in [0.05, 0.1) is 11.7 Å². The van der Waals surface area contributed by atoms with Gasteiger partial charge in [-0.3, -0.25) is 0 Å². The lowest BCUT2D eigenvalue weighted by Crippen LogP contribution is -2.36. The van der Waals surface area contributed by atoms with E-state index in [0.29, 0.717) is 0 Å². The van der Waals surface area contributed by atoms with Crippen molar-refractivity contribution < 1.29 is 9.50 Å². The lowest BCUT2D eigenvalue weighted by molar-refractivity contribution is -0.00513. The van der Waals surface area contributed by atoms with Gasteiger partial charge in [0.25, 0.3) is 0 Å². The number of benzene rings is 1. The summed E-state index contributed by atoms with van der Waals surface area (Å²) >= 11 is 0. The van der Waals surface area contributed by atoms with E-state index in [1.165, 1.54) is 18.9 Å². The van der Waals surface area contributed by atoms with Crippen LogP contribution in [-0.2, 0) is 0 Å². The summed E-state index contributed by atoms with van der Waals surface area (Å²) in [4.78, 5) is 2.00. The third-order valence-electron chi connectivity index (χ3n) is 4.52. The van der Waals surface area contributed by atoms with Crippen molar-refractivity contribution in [3.63, 3.8) is 0 Å². The molecule has 0 amide bonds. The Morgan fingerprint density at radius 3 is 2.81 bits per heavy atom. The lowest BCUT2D eigenvalue weighted by Gasteiger charge is -2.37. The molecule has 1 saturated carbocycles. The maximum atomic E-state index is 13.4. The second kappa shape index (κ2) is 6.06. The number of nitrogen functional groups attached to an aromatic ring is 1. The summed E-state index contributed by atoms with van der Waals surface area (Å²) in [5, 5.41) is 10.3. The zero-order chi connectivity index (χ0) is 14.8. The van der Waals surface area contributed by atoms with Gasteiger partial charge in [-0.25, -0.2) is 4.39 Å². The molecule has 1 fully saturated rings. The average molecular weight is 290 g/mol. The van der Waals surface area contributed by atoms with E-state index in [9.17, 15) is 9.50 Å². The number of hydrogen-bond acceptors (Lipinski definition) is 3. The van der Waals surface area contributed by atoms with Crippen LogP contribution in [0.4, 0.5) is 10.1 Å². The SMILES string of the molecule is Nc1cc(C(CCC2CC2)N2C=CCCC2O)ccc1F. The smallest absolute Gasteiger partial charge is 0.146 e. The van der Waals surface area contributed by atoms with Crippen LogP contribution in [-0.4, -0.2) is 16.2 Å². The quantitative estimate of drug-likeness (QED) is 0.815. The molecule has 0 bridgehead atoms. The van der Waals surface area contributed by atoms with Crippen molar-refractivity contribution in [3.8, 4) is 0 Å². The van der Waals surface area contributed by atoms with Crippen molar-refractivity contribution in [3.05, 3.63) is 41.9 Å². The maximum absolute atomic E-state index is 13.4. The van der Waals surface area contributed by atoms with Gasteiger partial charge in [-0.2, -0.15) is 0 Å². The van der Waals surface area contributed by atoms with Crippen LogP contribution in [0, 0.1) is 11.7 Å². The topological polar surface area (TPSA) is 49.5 Å².